The van der Waals surface area contributed by atoms with Crippen LogP contribution in [0.15, 0.2) is 23.3 Å². The molecule has 6 nitrogen and oxygen atoms in total. The Kier molecular flexibility index (Phi) is 5.78. The van der Waals surface area contributed by atoms with Gasteiger partial charge in [-0.15, -0.1) is 0 Å². The van der Waals surface area contributed by atoms with Crippen LogP contribution in [0.3, 0.4) is 0 Å². The van der Waals surface area contributed by atoms with Crippen molar-refractivity contribution in [1.82, 2.24) is 14.8 Å². The third kappa shape index (κ3) is 4.57. The summed E-state index contributed by atoms with van der Waals surface area (Å²) in [5.74, 6) is 0.745. The zero-order valence-corrected chi connectivity index (χ0v) is 11.8. The Bertz CT molecular complexity index is 442. The standard InChI is InChI=1S/C13H20N4O2/c1-5-17(6-2)13(18)19-11-8-7-9-14-12(11)15-10-16(3)4/h7-10H,5-6H2,1-4H3. The molecule has 0 unspecified atom stereocenters. The van der Waals surface area contributed by atoms with Crippen LogP contribution in [-0.2, 0) is 0 Å². The zero-order valence-electron chi connectivity index (χ0n) is 11.8. The van der Waals surface area contributed by atoms with E-state index in [0.717, 1.165) is 0 Å². The number of rotatable bonds is 5. The van der Waals surface area contributed by atoms with Crippen molar-refractivity contribution in [2.75, 3.05) is 27.2 Å². The number of pyridine rings is 1. The van der Waals surface area contributed by atoms with Crippen molar-refractivity contribution in [1.29, 1.82) is 0 Å². The van der Waals surface area contributed by atoms with Gasteiger partial charge in [0.05, 0.1) is 6.34 Å². The maximum Gasteiger partial charge on any atom is 0.415 e. The number of amides is 1. The molecule has 1 aromatic rings. The van der Waals surface area contributed by atoms with Crippen LogP contribution in [0.5, 0.6) is 5.75 Å². The van der Waals surface area contributed by atoms with Crippen LogP contribution in [0.25, 0.3) is 0 Å². The van der Waals surface area contributed by atoms with Gasteiger partial charge < -0.3 is 14.5 Å². The monoisotopic (exact) mass is 264 g/mol. The number of aromatic nitrogens is 1. The third-order valence-corrected chi connectivity index (χ3v) is 2.38. The van der Waals surface area contributed by atoms with E-state index < -0.39 is 0 Å². The fourth-order valence-electron chi connectivity index (χ4n) is 1.37. The first-order valence-electron chi connectivity index (χ1n) is 6.20. The van der Waals surface area contributed by atoms with E-state index in [4.69, 9.17) is 4.74 Å². The Morgan fingerprint density at radius 1 is 1.42 bits per heavy atom. The Morgan fingerprint density at radius 2 is 2.11 bits per heavy atom. The van der Waals surface area contributed by atoms with Gasteiger partial charge in [0.2, 0.25) is 0 Å². The maximum atomic E-state index is 11.9. The van der Waals surface area contributed by atoms with E-state index in [0.29, 0.717) is 24.7 Å². The van der Waals surface area contributed by atoms with Gasteiger partial charge in [0.25, 0.3) is 0 Å². The largest absolute Gasteiger partial charge is 0.415 e. The van der Waals surface area contributed by atoms with Gasteiger partial charge >= 0.3 is 6.09 Å². The Balaban J connectivity index is 2.86. The highest BCUT2D eigenvalue weighted by Gasteiger charge is 2.14. The Morgan fingerprint density at radius 3 is 2.68 bits per heavy atom. The molecule has 0 radical (unpaired) electrons. The van der Waals surface area contributed by atoms with Crippen molar-refractivity contribution in [2.45, 2.75) is 13.8 Å². The van der Waals surface area contributed by atoms with Gasteiger partial charge in [-0.2, -0.15) is 0 Å². The lowest BCUT2D eigenvalue weighted by atomic mass is 10.4. The summed E-state index contributed by atoms with van der Waals surface area (Å²) in [6, 6.07) is 3.39. The van der Waals surface area contributed by atoms with Crippen molar-refractivity contribution < 1.29 is 9.53 Å². The summed E-state index contributed by atoms with van der Waals surface area (Å²) >= 11 is 0. The van der Waals surface area contributed by atoms with Gasteiger partial charge in [0.15, 0.2) is 11.6 Å². The molecule has 0 aliphatic carbocycles. The second kappa shape index (κ2) is 7.35. The lowest BCUT2D eigenvalue weighted by Gasteiger charge is -2.18. The smallest absolute Gasteiger partial charge is 0.406 e. The summed E-state index contributed by atoms with van der Waals surface area (Å²) in [6.45, 7) is 5.01. The van der Waals surface area contributed by atoms with Gasteiger partial charge in [-0.25, -0.2) is 14.8 Å². The van der Waals surface area contributed by atoms with Gasteiger partial charge in [-0.05, 0) is 26.0 Å². The molecule has 0 saturated carbocycles. The van der Waals surface area contributed by atoms with Crippen LogP contribution < -0.4 is 4.74 Å². The number of aliphatic imine (C=N–C) groups is 1. The Hall–Kier alpha value is -2.11. The molecule has 0 aliphatic rings. The van der Waals surface area contributed by atoms with E-state index in [1.807, 2.05) is 27.9 Å². The van der Waals surface area contributed by atoms with Crippen LogP contribution in [0.4, 0.5) is 10.6 Å². The first-order valence-corrected chi connectivity index (χ1v) is 6.20. The summed E-state index contributed by atoms with van der Waals surface area (Å²) in [5, 5.41) is 0. The number of carbonyl (C=O) groups is 1. The number of nitrogens with zero attached hydrogens (tertiary/aromatic N) is 4. The molecule has 1 heterocycles. The van der Waals surface area contributed by atoms with Gasteiger partial charge in [0.1, 0.15) is 0 Å². The summed E-state index contributed by atoms with van der Waals surface area (Å²) < 4.78 is 5.31. The fraction of sp³-hybridized carbons (Fsp3) is 0.462. The summed E-state index contributed by atoms with van der Waals surface area (Å²) in [5.41, 5.74) is 0. The molecule has 1 aromatic heterocycles. The van der Waals surface area contributed by atoms with Crippen LogP contribution >= 0.6 is 0 Å². The van der Waals surface area contributed by atoms with E-state index in [2.05, 4.69) is 9.98 Å². The van der Waals surface area contributed by atoms with Crippen molar-refractivity contribution in [2.24, 2.45) is 4.99 Å². The third-order valence-electron chi connectivity index (χ3n) is 2.38. The van der Waals surface area contributed by atoms with Gasteiger partial charge in [0, 0.05) is 33.4 Å². The molecule has 0 spiro atoms. The average Bonchev–Trinajstić information content (AvgIpc) is 2.39. The zero-order chi connectivity index (χ0) is 14.3. The molecule has 0 saturated heterocycles. The number of carbonyl (C=O) groups excluding carboxylic acids is 1. The fourth-order valence-corrected chi connectivity index (χ4v) is 1.37. The average molecular weight is 264 g/mol. The highest BCUT2D eigenvalue weighted by molar-refractivity contribution is 5.73. The predicted octanol–water partition coefficient (Wildman–Crippen LogP) is 2.14. The molecule has 104 valence electrons. The highest BCUT2D eigenvalue weighted by atomic mass is 16.6. The van der Waals surface area contributed by atoms with Crippen LogP contribution in [0.2, 0.25) is 0 Å². The van der Waals surface area contributed by atoms with Crippen molar-refractivity contribution in [3.63, 3.8) is 0 Å². The minimum Gasteiger partial charge on any atom is -0.406 e. The van der Waals surface area contributed by atoms with E-state index in [1.165, 1.54) is 0 Å². The first kappa shape index (κ1) is 14.9. The predicted molar refractivity (Wildman–Crippen MR) is 75.0 cm³/mol. The molecule has 0 fully saturated rings. The second-order valence-electron chi connectivity index (χ2n) is 4.07. The number of ether oxygens (including phenoxy) is 1. The summed E-state index contributed by atoms with van der Waals surface area (Å²) in [4.78, 5) is 23.5. The van der Waals surface area contributed by atoms with Crippen molar-refractivity contribution in [3.8, 4) is 5.75 Å². The van der Waals surface area contributed by atoms with Crippen molar-refractivity contribution >= 4 is 18.2 Å². The minimum absolute atomic E-state index is 0.359. The highest BCUT2D eigenvalue weighted by Crippen LogP contribution is 2.24. The minimum atomic E-state index is -0.390. The van der Waals surface area contributed by atoms with E-state index >= 15 is 0 Å². The number of hydrogen-bond acceptors (Lipinski definition) is 4. The molecule has 0 aromatic carbocycles. The molecule has 0 atom stereocenters. The lowest BCUT2D eigenvalue weighted by molar-refractivity contribution is 0.157. The topological polar surface area (TPSA) is 58.0 Å². The van der Waals surface area contributed by atoms with E-state index in [-0.39, 0.29) is 6.09 Å². The second-order valence-corrected chi connectivity index (χ2v) is 4.07. The first-order chi connectivity index (χ1) is 9.08. The van der Waals surface area contributed by atoms with Crippen molar-refractivity contribution in [3.05, 3.63) is 18.3 Å². The van der Waals surface area contributed by atoms with Crippen LogP contribution in [0, 0.1) is 0 Å². The van der Waals surface area contributed by atoms with Gasteiger partial charge in [-0.3, -0.25) is 0 Å². The molecule has 0 aliphatic heterocycles. The van der Waals surface area contributed by atoms with Gasteiger partial charge in [-0.1, -0.05) is 0 Å². The quantitative estimate of drug-likeness (QED) is 0.604. The maximum absolute atomic E-state index is 11.9. The molecular formula is C13H20N4O2. The molecule has 1 amide bonds. The van der Waals surface area contributed by atoms with E-state index in [9.17, 15) is 4.79 Å². The SMILES string of the molecule is CCN(CC)C(=O)Oc1cccnc1N=CN(C)C. The molecule has 0 N–H and O–H groups in total. The normalized spacial score (nSPS) is 10.5. The van der Waals surface area contributed by atoms with E-state index in [1.54, 1.807) is 34.5 Å². The lowest BCUT2D eigenvalue weighted by Crippen LogP contribution is -2.33. The Labute approximate surface area is 113 Å². The molecule has 6 heteroatoms. The van der Waals surface area contributed by atoms with Crippen LogP contribution in [-0.4, -0.2) is 54.4 Å². The molecular weight excluding hydrogens is 244 g/mol. The molecule has 1 rings (SSSR count). The molecule has 0 bridgehead atoms. The summed E-state index contributed by atoms with van der Waals surface area (Å²) in [7, 11) is 3.71. The van der Waals surface area contributed by atoms with Crippen LogP contribution in [0.1, 0.15) is 13.8 Å². The number of hydrogen-bond donors (Lipinski definition) is 0. The molecule has 19 heavy (non-hydrogen) atoms. The summed E-state index contributed by atoms with van der Waals surface area (Å²) in [6.07, 6.45) is 2.83.